The smallest absolute Gasteiger partial charge is 0.472 e. The molecule has 135 heavy (non-hydrogen) atoms. The fraction of sp³-hybridized carbons (Fsp3) is 0.556. The van der Waals surface area contributed by atoms with Gasteiger partial charge in [-0.25, -0.2) is 76.5 Å². The molecule has 6 fully saturated rings. The number of aromatic nitrogens is 16. The van der Waals surface area contributed by atoms with Gasteiger partial charge in [0.1, 0.15) is 158 Å². The van der Waals surface area contributed by atoms with Gasteiger partial charge >= 0.3 is 75.7 Å². The van der Waals surface area contributed by atoms with Crippen molar-refractivity contribution in [1.82, 2.24) is 82.6 Å². The van der Waals surface area contributed by atoms with Crippen molar-refractivity contribution in [2.45, 2.75) is 168 Å². The maximum Gasteiger partial charge on any atom is 0.472 e. The zero-order valence-corrected chi connectivity index (χ0v) is 74.3. The number of nitrogens with one attached hydrogen (secondary N) is 3. The van der Waals surface area contributed by atoms with Crippen LogP contribution in [0.5, 0.6) is 0 Å². The van der Waals surface area contributed by atoms with Gasteiger partial charge in [0.2, 0.25) is 5.91 Å². The van der Waals surface area contributed by atoms with Gasteiger partial charge in [0.15, 0.2) is 47.8 Å². The number of amides is 1. The van der Waals surface area contributed by atoms with Gasteiger partial charge in [0.25, 0.3) is 11.1 Å². The van der Waals surface area contributed by atoms with E-state index in [1.54, 1.807) is 0 Å². The number of nitrogens with zero attached hydrogens (tertiary/aromatic N) is 14. The number of carbonyl (C=O) groups is 2. The van der Waals surface area contributed by atoms with Crippen LogP contribution in [0.3, 0.4) is 0 Å². The second-order valence-electron chi connectivity index (χ2n) is 30.2. The number of aryl methyl sites for hydroxylation is 2. The van der Waals surface area contributed by atoms with E-state index in [0.29, 0.717) is 4.57 Å². The minimum atomic E-state index is -6.01. The van der Waals surface area contributed by atoms with Crippen LogP contribution in [0, 0.1) is 13.8 Å². The number of phosphoric acid groups is 6. The molecule has 14 rings (SSSR count). The van der Waals surface area contributed by atoms with E-state index < -0.39 is 305 Å². The Morgan fingerprint density at radius 2 is 0.807 bits per heavy atom. The number of H-pyrrole nitrogens is 2. The van der Waals surface area contributed by atoms with Gasteiger partial charge in [-0.15, -0.1) is 0 Å². The monoisotopic (exact) mass is 2040 g/mol. The van der Waals surface area contributed by atoms with Crippen LogP contribution in [0.4, 0.5) is 23.3 Å². The summed E-state index contributed by atoms with van der Waals surface area (Å²) >= 11 is 0. The molecule has 0 radical (unpaired) electrons. The summed E-state index contributed by atoms with van der Waals surface area (Å²) in [6.07, 6.45) is -37.8. The van der Waals surface area contributed by atoms with E-state index in [1.165, 1.54) is 13.8 Å². The lowest BCUT2D eigenvalue weighted by Gasteiger charge is -2.27. The van der Waals surface area contributed by atoms with E-state index >= 15 is 0 Å². The molecule has 6 saturated heterocycles. The van der Waals surface area contributed by atoms with Gasteiger partial charge in [0, 0.05) is 48.8 Å². The molecule has 25 N–H and O–H groups in total. The van der Waals surface area contributed by atoms with Crippen molar-refractivity contribution in [3.8, 4) is 0 Å². The fourth-order valence-corrected chi connectivity index (χ4v) is 20.4. The molecule has 0 bridgehead atoms. The summed E-state index contributed by atoms with van der Waals surface area (Å²) in [5.74, 6) is -3.69. The molecule has 6 aliphatic heterocycles. The first kappa shape index (κ1) is 101. The summed E-state index contributed by atoms with van der Waals surface area (Å²) in [7, 11) is -34.7. The highest BCUT2D eigenvalue weighted by Gasteiger charge is 2.57. The molecule has 14 heterocycles. The third kappa shape index (κ3) is 23.3. The van der Waals surface area contributed by atoms with Crippen molar-refractivity contribution in [2.24, 2.45) is 5.73 Å². The summed E-state index contributed by atoms with van der Waals surface area (Å²) in [4.78, 5) is 205. The molecule has 8 aromatic rings. The SMILES string of the molecule is Cc1cn([C@H]2C[C@H](OP(=O)(O)OC[C@H](N)C(=O)NCC(=O)O)[C@@H](COP(=O)(O)O[C@H]3[C@@H](O)[C@H](n4cnc5c(N)ncnc54)O[C@@H]3COP(=O)(O)O[C@H]3[C@@H](O)[C@H](n4ccc(N)nc4=O)O[C@@H]3COP(=O)(O)O[C@H]3C[C@H](n4cc(C)c(=O)[nH]c4=O)O[C@@H]3COP(=O)(O)O[C@H]3[C@@H](O)[C@H](n4cnc5c(N)ncnc54)O[C@@H]3COP(=O)(O)O[C@H]3[C@@H](O)[C@H](n4ccc(N)nc4=O)O[C@@H]3CO)O2)c(=O)[nH]c1=O. The molecule has 1 amide bonds. The number of hydrogen-bond acceptors (Lipinski definition) is 50. The van der Waals surface area contributed by atoms with E-state index in [1.807, 2.05) is 15.3 Å². The number of imidazole rings is 2. The fourth-order valence-electron chi connectivity index (χ4n) is 14.6. The Hall–Kier alpha value is -9.46. The topological polar surface area (TPSA) is 954 Å². The lowest BCUT2D eigenvalue weighted by molar-refractivity contribution is -0.138. The second kappa shape index (κ2) is 40.5. The number of aliphatic hydroxyl groups excluding tert-OH is 5. The van der Waals surface area contributed by atoms with E-state index in [4.69, 9.17) is 116 Å². The van der Waals surface area contributed by atoms with Crippen LogP contribution >= 0.6 is 46.9 Å². The maximum absolute atomic E-state index is 14.5. The third-order valence-corrected chi connectivity index (χ3v) is 27.0. The number of aromatic amines is 2. The third-order valence-electron chi connectivity index (χ3n) is 21.0. The lowest BCUT2D eigenvalue weighted by Crippen LogP contribution is -2.45. The molecule has 72 heteroatoms. The maximum atomic E-state index is 14.5. The second-order valence-corrected chi connectivity index (χ2v) is 38.7. The van der Waals surface area contributed by atoms with E-state index in [9.17, 15) is 121 Å². The number of carbonyl (C=O) groups excluding carboxylic acids is 1. The van der Waals surface area contributed by atoms with Gasteiger partial charge in [-0.3, -0.25) is 111 Å². The Bertz CT molecular complexity index is 6450. The Morgan fingerprint density at radius 1 is 0.474 bits per heavy atom. The molecule has 66 nitrogen and oxygen atoms in total. The number of rotatable bonds is 40. The number of ether oxygens (including phenoxy) is 6. The Kier molecular flexibility index (Phi) is 30.5. The number of carboxylic acid groups (broad SMARTS) is 1. The summed E-state index contributed by atoms with van der Waals surface area (Å²) < 4.78 is 189. The van der Waals surface area contributed by atoms with Crippen LogP contribution in [0.15, 0.2) is 91.0 Å². The predicted octanol–water partition coefficient (Wildman–Crippen LogP) is -7.63. The summed E-state index contributed by atoms with van der Waals surface area (Å²) in [5, 5.41) is 68.3. The van der Waals surface area contributed by atoms with Crippen LogP contribution in [0.25, 0.3) is 22.3 Å². The highest BCUT2D eigenvalue weighted by atomic mass is 31.2. The molecule has 8 aromatic heterocycles. The molecular weight excluding hydrogens is 1950 g/mol. The van der Waals surface area contributed by atoms with Gasteiger partial charge in [-0.1, -0.05) is 0 Å². The van der Waals surface area contributed by atoms with Crippen LogP contribution in [0.1, 0.15) is 61.3 Å². The summed E-state index contributed by atoms with van der Waals surface area (Å²) in [6.45, 7) is -7.17. The van der Waals surface area contributed by atoms with Crippen molar-refractivity contribution in [3.05, 3.63) is 136 Å². The lowest BCUT2D eigenvalue weighted by atomic mass is 10.1. The zero-order valence-electron chi connectivity index (χ0n) is 68.9. The van der Waals surface area contributed by atoms with Crippen molar-refractivity contribution in [2.75, 3.05) is 75.7 Å². The van der Waals surface area contributed by atoms with Crippen LogP contribution < -0.4 is 67.9 Å². The number of carboxylic acids is 1. The van der Waals surface area contributed by atoms with Crippen LogP contribution in [-0.2, 0) is 120 Å². The van der Waals surface area contributed by atoms with Gasteiger partial charge in [-0.2, -0.15) is 9.97 Å². The Balaban J connectivity index is 0.681. The van der Waals surface area contributed by atoms with Gasteiger partial charge in [0.05, 0.1) is 58.9 Å². The number of nitrogen functional groups attached to an aromatic ring is 4. The molecule has 6 unspecified atom stereocenters. The number of hydrogen-bond donors (Lipinski definition) is 20. The van der Waals surface area contributed by atoms with E-state index in [2.05, 4.69) is 39.9 Å². The summed E-state index contributed by atoms with van der Waals surface area (Å²) in [6, 6.07) is 0.366. The highest BCUT2D eigenvalue weighted by Crippen LogP contribution is 2.58. The van der Waals surface area contributed by atoms with E-state index in [-0.39, 0.29) is 50.9 Å². The average molecular weight is 2040 g/mol. The Labute approximate surface area is 749 Å². The molecule has 29 atom stereocenters. The minimum absolute atomic E-state index is 0.0715. The van der Waals surface area contributed by atoms with Crippen LogP contribution in [0.2, 0.25) is 0 Å². The molecule has 0 aromatic carbocycles. The Morgan fingerprint density at radius 3 is 1.16 bits per heavy atom. The van der Waals surface area contributed by atoms with E-state index in [0.717, 1.165) is 85.1 Å². The zero-order chi connectivity index (χ0) is 97.8. The number of nitrogens with two attached hydrogens (primary N) is 5. The molecule has 0 saturated carbocycles. The molecule has 6 aliphatic rings. The van der Waals surface area contributed by atoms with Crippen molar-refractivity contribution >= 4 is 104 Å². The number of phosphoric ester groups is 6. The molecule has 0 aliphatic carbocycles. The van der Waals surface area contributed by atoms with Crippen LogP contribution in [-0.4, -0.2) is 306 Å². The standard InChI is InChI=1S/C63H84N22O44P6/c1-23-10-82(62(98)78-53(23)93)36-7-26(124-130(100,101)112-13-25(64)55(95)69-9-38(87)88)29(118-36)14-113-132(104,105)129-48-33(123-59(44(48)92)85-22-75-40-50(68)71-20-73-52(40)85)18-117-135(110,111)127-46-31(121-57(42(46)90)81-6-4-35(66)77-61(81)97)16-115-131(102,103)125-27-8-37(83-11-24(2)54(94)79-63(83)99)119-30(27)15-114-133(106,107)128-47-32(122-58(43(47)91)84-21-74-39-49(67)70-19-72-51(39)84)17-116-134(108,109)126-45-28(12-86)120-56(41(45)89)80-5-3-34(65)76-60(80)96/h3-6,10-11,19-22,25-33,36-37,41-48,56-59,86,89-92H,7-9,12-18,64H2,1-2H3,(H,69,95)(H,87,88)(H,100,101)(H,102,103)(H,104,105)(H,106,107)(H,108,109)(H,110,111)(H2,65,76,96)(H2,66,77,97)(H2,67,70,72)(H2,68,71,73)(H,78,93,98)(H,79,94,99)/t25-,26-,27-,28+,29+,30+,31+,32+,33+,36+,37+,41+,42+,43+,44+,45+,46+,47+,48+,56+,57+,58+,59+/m0/s1. The number of aliphatic carboxylic acids is 1. The number of fused-ring (bicyclic) bond motifs is 2. The number of anilines is 4. The summed E-state index contributed by atoms with van der Waals surface area (Å²) in [5.41, 5.74) is 22.0. The minimum Gasteiger partial charge on any atom is -0.480 e. The molecule has 740 valence electrons. The van der Waals surface area contributed by atoms with Gasteiger partial charge in [-0.05, 0) is 26.0 Å². The van der Waals surface area contributed by atoms with Crippen molar-refractivity contribution in [1.29, 1.82) is 0 Å². The number of aliphatic hydroxyl groups is 5. The largest absolute Gasteiger partial charge is 0.480 e. The first-order chi connectivity index (χ1) is 63.5. The average Bonchev–Trinajstić information content (AvgIpc) is 1.61. The van der Waals surface area contributed by atoms with Crippen molar-refractivity contribution in [3.63, 3.8) is 0 Å². The van der Waals surface area contributed by atoms with Gasteiger partial charge < -0.3 is 122 Å². The first-order valence-electron chi connectivity index (χ1n) is 39.1. The first-order valence-corrected chi connectivity index (χ1v) is 48.1. The highest BCUT2D eigenvalue weighted by molar-refractivity contribution is 7.48. The quantitative estimate of drug-likeness (QED) is 0.0159. The van der Waals surface area contributed by atoms with Crippen molar-refractivity contribution < 1.29 is 180 Å². The normalized spacial score (nSPS) is 30.5. The molecular formula is C63H84N22O44P6. The molecule has 0 spiro atoms. The predicted molar refractivity (Wildman–Crippen MR) is 434 cm³/mol.